The quantitative estimate of drug-likeness (QED) is 0.868. The molecule has 0 spiro atoms. The lowest BCUT2D eigenvalue weighted by Crippen LogP contribution is -2.51. The average molecular weight is 255 g/mol. The summed E-state index contributed by atoms with van der Waals surface area (Å²) >= 11 is 0. The Labute approximate surface area is 106 Å². The number of hydrogen-bond donors (Lipinski definition) is 2. The van der Waals surface area contributed by atoms with Crippen LogP contribution in [0.15, 0.2) is 18.2 Å². The van der Waals surface area contributed by atoms with Crippen molar-refractivity contribution in [1.82, 2.24) is 5.32 Å². The topological polar surface area (TPSA) is 32.3 Å². The molecule has 0 radical (unpaired) electrons. The van der Waals surface area contributed by atoms with Gasteiger partial charge >= 0.3 is 0 Å². The van der Waals surface area contributed by atoms with Gasteiger partial charge in [0.25, 0.3) is 0 Å². The fourth-order valence-corrected chi connectivity index (χ4v) is 2.74. The second-order valence-electron chi connectivity index (χ2n) is 5.09. The van der Waals surface area contributed by atoms with Crippen LogP contribution in [0.3, 0.4) is 0 Å². The fourth-order valence-electron chi connectivity index (χ4n) is 2.74. The molecule has 1 fully saturated rings. The van der Waals surface area contributed by atoms with Crippen LogP contribution >= 0.6 is 0 Å². The molecule has 1 aliphatic heterocycles. The summed E-state index contributed by atoms with van der Waals surface area (Å²) in [6.07, 6.45) is 1.89. The van der Waals surface area contributed by atoms with Gasteiger partial charge in [-0.3, -0.25) is 0 Å². The highest BCUT2D eigenvalue weighted by Gasteiger charge is 2.37. The highest BCUT2D eigenvalue weighted by atomic mass is 19.2. The largest absolute Gasteiger partial charge is 0.389 e. The Hall–Kier alpha value is -1.00. The van der Waals surface area contributed by atoms with E-state index < -0.39 is 17.2 Å². The molecule has 2 N–H and O–H groups in total. The van der Waals surface area contributed by atoms with Crippen LogP contribution in [0.4, 0.5) is 8.78 Å². The molecule has 0 aromatic heterocycles. The Bertz CT molecular complexity index is 424. The van der Waals surface area contributed by atoms with E-state index in [0.29, 0.717) is 18.4 Å². The average Bonchev–Trinajstić information content (AvgIpc) is 2.34. The zero-order valence-electron chi connectivity index (χ0n) is 10.5. The zero-order chi connectivity index (χ0) is 13.2. The van der Waals surface area contributed by atoms with Crippen molar-refractivity contribution < 1.29 is 13.9 Å². The highest BCUT2D eigenvalue weighted by molar-refractivity contribution is 5.20. The van der Waals surface area contributed by atoms with E-state index in [4.69, 9.17) is 0 Å². The summed E-state index contributed by atoms with van der Waals surface area (Å²) in [5.74, 6) is -1.54. The third kappa shape index (κ3) is 2.70. The van der Waals surface area contributed by atoms with Gasteiger partial charge in [-0.05, 0) is 37.1 Å². The van der Waals surface area contributed by atoms with E-state index in [-0.39, 0.29) is 5.92 Å². The minimum absolute atomic E-state index is 0.152. The van der Waals surface area contributed by atoms with Gasteiger partial charge in [-0.25, -0.2) is 8.78 Å². The second kappa shape index (κ2) is 5.33. The van der Waals surface area contributed by atoms with Crippen molar-refractivity contribution in [3.63, 3.8) is 0 Å². The summed E-state index contributed by atoms with van der Waals surface area (Å²) in [4.78, 5) is 0. The van der Waals surface area contributed by atoms with E-state index in [2.05, 4.69) is 5.32 Å². The van der Waals surface area contributed by atoms with Gasteiger partial charge in [0, 0.05) is 18.9 Å². The molecule has 0 bridgehead atoms. The third-order valence-electron chi connectivity index (χ3n) is 3.87. The molecule has 100 valence electrons. The van der Waals surface area contributed by atoms with Gasteiger partial charge in [-0.2, -0.15) is 0 Å². The molecule has 0 aliphatic carbocycles. The van der Waals surface area contributed by atoms with Crippen LogP contribution in [0.25, 0.3) is 0 Å². The van der Waals surface area contributed by atoms with Gasteiger partial charge in [-0.1, -0.05) is 13.0 Å². The van der Waals surface area contributed by atoms with Crippen LogP contribution < -0.4 is 5.32 Å². The van der Waals surface area contributed by atoms with Gasteiger partial charge < -0.3 is 10.4 Å². The van der Waals surface area contributed by atoms with Crippen molar-refractivity contribution in [2.75, 3.05) is 13.1 Å². The Kier molecular flexibility index (Phi) is 3.97. The van der Waals surface area contributed by atoms with Crippen molar-refractivity contribution in [3.05, 3.63) is 35.4 Å². The maximum absolute atomic E-state index is 13.2. The Balaban J connectivity index is 2.17. The molecule has 18 heavy (non-hydrogen) atoms. The lowest BCUT2D eigenvalue weighted by atomic mass is 9.76. The number of piperidine rings is 1. The van der Waals surface area contributed by atoms with E-state index in [1.165, 1.54) is 6.07 Å². The molecule has 1 aromatic carbocycles. The summed E-state index contributed by atoms with van der Waals surface area (Å²) in [5.41, 5.74) is -0.165. The molecule has 4 heteroatoms. The van der Waals surface area contributed by atoms with Crippen LogP contribution in [0.2, 0.25) is 0 Å². The predicted molar refractivity (Wildman–Crippen MR) is 66.3 cm³/mol. The molecule has 2 unspecified atom stereocenters. The van der Waals surface area contributed by atoms with E-state index in [1.54, 1.807) is 6.07 Å². The van der Waals surface area contributed by atoms with Crippen molar-refractivity contribution in [2.45, 2.75) is 31.8 Å². The molecule has 1 heterocycles. The maximum Gasteiger partial charge on any atom is 0.159 e. The van der Waals surface area contributed by atoms with Gasteiger partial charge in [-0.15, -0.1) is 0 Å². The van der Waals surface area contributed by atoms with Crippen molar-refractivity contribution in [1.29, 1.82) is 0 Å². The second-order valence-corrected chi connectivity index (χ2v) is 5.09. The number of rotatable bonds is 3. The van der Waals surface area contributed by atoms with Crippen LogP contribution in [0.1, 0.15) is 25.3 Å². The summed E-state index contributed by atoms with van der Waals surface area (Å²) in [7, 11) is 0. The van der Waals surface area contributed by atoms with Crippen LogP contribution in [0, 0.1) is 17.6 Å². The molecular weight excluding hydrogens is 236 g/mol. The minimum atomic E-state index is -0.849. The first-order valence-corrected chi connectivity index (χ1v) is 6.42. The first-order valence-electron chi connectivity index (χ1n) is 6.42. The predicted octanol–water partition coefficient (Wildman–Crippen LogP) is 2.26. The standard InChI is InChI=1S/C14H19F2NO/c1-2-11-9-17-6-5-14(11,18)8-10-3-4-12(15)13(16)7-10/h3-4,7,11,17-18H,2,5-6,8-9H2,1H3. The van der Waals surface area contributed by atoms with Gasteiger partial charge in [0.1, 0.15) is 0 Å². The molecule has 0 amide bonds. The van der Waals surface area contributed by atoms with Crippen LogP contribution in [-0.4, -0.2) is 23.8 Å². The highest BCUT2D eigenvalue weighted by Crippen LogP contribution is 2.31. The van der Waals surface area contributed by atoms with E-state index in [0.717, 1.165) is 25.6 Å². The molecular formula is C14H19F2NO. The van der Waals surface area contributed by atoms with E-state index in [9.17, 15) is 13.9 Å². The molecule has 1 saturated heterocycles. The molecule has 1 aliphatic rings. The number of nitrogens with one attached hydrogen (secondary N) is 1. The molecule has 2 rings (SSSR count). The van der Waals surface area contributed by atoms with Crippen LogP contribution in [0.5, 0.6) is 0 Å². The Morgan fingerprint density at radius 1 is 1.39 bits per heavy atom. The number of hydrogen-bond acceptors (Lipinski definition) is 2. The Morgan fingerprint density at radius 2 is 2.17 bits per heavy atom. The number of aliphatic hydroxyl groups is 1. The van der Waals surface area contributed by atoms with Crippen molar-refractivity contribution in [2.24, 2.45) is 5.92 Å². The summed E-state index contributed by atoms with van der Waals surface area (Å²) in [6.45, 7) is 3.57. The first-order chi connectivity index (χ1) is 8.55. The van der Waals surface area contributed by atoms with E-state index >= 15 is 0 Å². The van der Waals surface area contributed by atoms with E-state index in [1.807, 2.05) is 6.92 Å². The van der Waals surface area contributed by atoms with Gasteiger partial charge in [0.05, 0.1) is 5.60 Å². The van der Waals surface area contributed by atoms with Crippen LogP contribution in [-0.2, 0) is 6.42 Å². The van der Waals surface area contributed by atoms with Gasteiger partial charge in [0.2, 0.25) is 0 Å². The number of benzene rings is 1. The number of halogens is 2. The lowest BCUT2D eigenvalue weighted by molar-refractivity contribution is -0.0414. The molecule has 2 atom stereocenters. The van der Waals surface area contributed by atoms with Gasteiger partial charge in [0.15, 0.2) is 11.6 Å². The smallest absolute Gasteiger partial charge is 0.159 e. The Morgan fingerprint density at radius 3 is 2.83 bits per heavy atom. The molecule has 2 nitrogen and oxygen atoms in total. The first kappa shape index (κ1) is 13.4. The summed E-state index contributed by atoms with van der Waals surface area (Å²) in [6, 6.07) is 3.85. The zero-order valence-corrected chi connectivity index (χ0v) is 10.5. The summed E-state index contributed by atoms with van der Waals surface area (Å²) in [5, 5.41) is 13.9. The SMILES string of the molecule is CCC1CNCCC1(O)Cc1ccc(F)c(F)c1. The van der Waals surface area contributed by atoms with Crippen molar-refractivity contribution >= 4 is 0 Å². The third-order valence-corrected chi connectivity index (χ3v) is 3.87. The fraction of sp³-hybridized carbons (Fsp3) is 0.571. The molecule has 1 aromatic rings. The molecule has 0 saturated carbocycles. The summed E-state index contributed by atoms with van der Waals surface area (Å²) < 4.78 is 26.0. The lowest BCUT2D eigenvalue weighted by Gasteiger charge is -2.40. The maximum atomic E-state index is 13.2. The monoisotopic (exact) mass is 255 g/mol. The minimum Gasteiger partial charge on any atom is -0.389 e. The normalized spacial score (nSPS) is 28.3. The van der Waals surface area contributed by atoms with Crippen molar-refractivity contribution in [3.8, 4) is 0 Å².